The number of carbonyl (C=O) groups excluding carboxylic acids is 2. The van der Waals surface area contributed by atoms with Crippen molar-refractivity contribution in [2.45, 2.75) is 13.3 Å². The van der Waals surface area contributed by atoms with Crippen LogP contribution in [0.4, 0.5) is 5.82 Å². The zero-order chi connectivity index (χ0) is 26.2. The van der Waals surface area contributed by atoms with Crippen molar-refractivity contribution < 1.29 is 19.1 Å². The minimum absolute atomic E-state index is 0.0432. The Kier molecular flexibility index (Phi) is 8.56. The van der Waals surface area contributed by atoms with Crippen LogP contribution in [0, 0.1) is 0 Å². The van der Waals surface area contributed by atoms with Gasteiger partial charge in [-0.15, -0.1) is 10.2 Å². The van der Waals surface area contributed by atoms with Gasteiger partial charge in [-0.3, -0.25) is 9.59 Å². The number of amides is 2. The fourth-order valence-electron chi connectivity index (χ4n) is 4.36. The van der Waals surface area contributed by atoms with Crippen LogP contribution in [0.15, 0.2) is 60.7 Å². The molecule has 2 aromatic carbocycles. The third kappa shape index (κ3) is 6.35. The summed E-state index contributed by atoms with van der Waals surface area (Å²) in [5, 5.41) is 8.86. The summed E-state index contributed by atoms with van der Waals surface area (Å²) >= 11 is 0. The second-order valence-electron chi connectivity index (χ2n) is 8.78. The van der Waals surface area contributed by atoms with Crippen molar-refractivity contribution in [3.05, 3.63) is 66.2 Å². The smallest absolute Gasteiger partial charge is 0.254 e. The number of anilines is 1. The molecule has 0 saturated carbocycles. The predicted molar refractivity (Wildman–Crippen MR) is 142 cm³/mol. The van der Waals surface area contributed by atoms with Gasteiger partial charge >= 0.3 is 0 Å². The Morgan fingerprint density at radius 1 is 0.892 bits per heavy atom. The highest BCUT2D eigenvalue weighted by Crippen LogP contribution is 2.23. The summed E-state index contributed by atoms with van der Waals surface area (Å²) in [7, 11) is 3.20. The minimum atomic E-state index is -0.183. The van der Waals surface area contributed by atoms with E-state index in [4.69, 9.17) is 9.47 Å². The van der Waals surface area contributed by atoms with E-state index in [1.807, 2.05) is 48.2 Å². The van der Waals surface area contributed by atoms with Gasteiger partial charge in [0.25, 0.3) is 5.91 Å². The molecule has 2 heterocycles. The molecule has 0 aliphatic carbocycles. The molecule has 1 fully saturated rings. The number of likely N-dealkylation sites (N-methyl/N-ethyl adjacent to an activating group) is 1. The van der Waals surface area contributed by atoms with Gasteiger partial charge in [-0.05, 0) is 55.8 Å². The lowest BCUT2D eigenvalue weighted by Gasteiger charge is -2.26. The van der Waals surface area contributed by atoms with Gasteiger partial charge in [0.05, 0.1) is 19.9 Å². The van der Waals surface area contributed by atoms with Gasteiger partial charge in [0.2, 0.25) is 5.91 Å². The molecule has 0 unspecified atom stereocenters. The van der Waals surface area contributed by atoms with Crippen molar-refractivity contribution in [2.75, 3.05) is 58.4 Å². The van der Waals surface area contributed by atoms with Crippen LogP contribution in [-0.4, -0.2) is 85.3 Å². The maximum Gasteiger partial charge on any atom is 0.254 e. The minimum Gasteiger partial charge on any atom is -0.497 e. The number of carbonyl (C=O) groups is 2. The topological polar surface area (TPSA) is 88.1 Å². The van der Waals surface area contributed by atoms with Gasteiger partial charge in [-0.2, -0.15) is 0 Å². The third-order valence-electron chi connectivity index (χ3n) is 6.50. The Bertz CT molecular complexity index is 1220. The summed E-state index contributed by atoms with van der Waals surface area (Å²) in [6.07, 6.45) is 0.807. The number of nitrogens with zero attached hydrogens (tertiary/aromatic N) is 5. The van der Waals surface area contributed by atoms with Gasteiger partial charge < -0.3 is 24.2 Å². The number of ether oxygens (including phenoxy) is 2. The Morgan fingerprint density at radius 3 is 2.35 bits per heavy atom. The van der Waals surface area contributed by atoms with Crippen LogP contribution in [0.2, 0.25) is 0 Å². The molecule has 1 aliphatic rings. The number of rotatable bonds is 8. The second-order valence-corrected chi connectivity index (χ2v) is 8.78. The van der Waals surface area contributed by atoms with E-state index in [9.17, 15) is 9.59 Å². The van der Waals surface area contributed by atoms with Crippen LogP contribution in [0.25, 0.3) is 11.3 Å². The summed E-state index contributed by atoms with van der Waals surface area (Å²) in [4.78, 5) is 31.7. The molecule has 1 saturated heterocycles. The average molecular weight is 504 g/mol. The van der Waals surface area contributed by atoms with Crippen molar-refractivity contribution in [2.24, 2.45) is 0 Å². The first-order valence-corrected chi connectivity index (χ1v) is 12.5. The van der Waals surface area contributed by atoms with Crippen molar-refractivity contribution in [1.82, 2.24) is 20.0 Å². The van der Waals surface area contributed by atoms with Gasteiger partial charge in [0.15, 0.2) is 5.82 Å². The molecular weight excluding hydrogens is 470 g/mol. The van der Waals surface area contributed by atoms with E-state index in [-0.39, 0.29) is 18.4 Å². The van der Waals surface area contributed by atoms with Gasteiger partial charge in [0.1, 0.15) is 18.0 Å². The molecule has 0 spiro atoms. The summed E-state index contributed by atoms with van der Waals surface area (Å²) < 4.78 is 10.5. The van der Waals surface area contributed by atoms with Crippen LogP contribution in [0.3, 0.4) is 0 Å². The Labute approximate surface area is 217 Å². The third-order valence-corrected chi connectivity index (χ3v) is 6.50. The number of hydrogen-bond acceptors (Lipinski definition) is 7. The molecule has 9 heteroatoms. The summed E-state index contributed by atoms with van der Waals surface area (Å²) in [5.74, 6) is 1.93. The van der Waals surface area contributed by atoms with E-state index in [2.05, 4.69) is 15.1 Å². The quantitative estimate of drug-likeness (QED) is 0.466. The van der Waals surface area contributed by atoms with Crippen LogP contribution in [-0.2, 0) is 4.79 Å². The first-order valence-electron chi connectivity index (χ1n) is 12.5. The van der Waals surface area contributed by atoms with E-state index >= 15 is 0 Å². The maximum absolute atomic E-state index is 13.1. The van der Waals surface area contributed by atoms with Gasteiger partial charge in [0, 0.05) is 43.9 Å². The van der Waals surface area contributed by atoms with Crippen molar-refractivity contribution in [3.63, 3.8) is 0 Å². The van der Waals surface area contributed by atoms with E-state index in [0.29, 0.717) is 37.5 Å². The van der Waals surface area contributed by atoms with Crippen LogP contribution in [0.1, 0.15) is 23.7 Å². The average Bonchev–Trinajstić information content (AvgIpc) is 3.22. The molecule has 37 heavy (non-hydrogen) atoms. The SMILES string of the molecule is CCN(CC(=O)N1CCCN(c2ccc(-c3cccc(OC)c3)nn2)CC1)C(=O)c1cccc(OC)c1. The lowest BCUT2D eigenvalue weighted by atomic mass is 10.1. The van der Waals surface area contributed by atoms with Crippen molar-refractivity contribution in [3.8, 4) is 22.8 Å². The zero-order valence-electron chi connectivity index (χ0n) is 21.6. The lowest BCUT2D eigenvalue weighted by molar-refractivity contribution is -0.131. The zero-order valence-corrected chi connectivity index (χ0v) is 21.6. The summed E-state index contributed by atoms with van der Waals surface area (Å²) in [5.41, 5.74) is 2.22. The highest BCUT2D eigenvalue weighted by atomic mass is 16.5. The van der Waals surface area contributed by atoms with Crippen LogP contribution in [0.5, 0.6) is 11.5 Å². The number of benzene rings is 2. The highest BCUT2D eigenvalue weighted by molar-refractivity contribution is 5.96. The molecule has 1 aliphatic heterocycles. The molecule has 9 nitrogen and oxygen atoms in total. The molecule has 0 N–H and O–H groups in total. The van der Waals surface area contributed by atoms with Crippen molar-refractivity contribution >= 4 is 17.6 Å². The van der Waals surface area contributed by atoms with E-state index in [1.54, 1.807) is 43.4 Å². The molecular formula is C28H33N5O4. The van der Waals surface area contributed by atoms with Gasteiger partial charge in [-0.1, -0.05) is 18.2 Å². The van der Waals surface area contributed by atoms with Crippen LogP contribution >= 0.6 is 0 Å². The normalized spacial score (nSPS) is 13.6. The molecule has 2 amide bonds. The lowest BCUT2D eigenvalue weighted by Crippen LogP contribution is -2.44. The Balaban J connectivity index is 1.36. The number of hydrogen-bond donors (Lipinski definition) is 0. The fraction of sp³-hybridized carbons (Fsp3) is 0.357. The number of aromatic nitrogens is 2. The highest BCUT2D eigenvalue weighted by Gasteiger charge is 2.24. The first kappa shape index (κ1) is 25.9. The van der Waals surface area contributed by atoms with Gasteiger partial charge in [-0.25, -0.2) is 0 Å². The maximum atomic E-state index is 13.1. The predicted octanol–water partition coefficient (Wildman–Crippen LogP) is 3.36. The molecule has 1 aromatic heterocycles. The monoisotopic (exact) mass is 503 g/mol. The molecule has 0 radical (unpaired) electrons. The molecule has 0 bridgehead atoms. The molecule has 3 aromatic rings. The first-order chi connectivity index (χ1) is 18.0. The van der Waals surface area contributed by atoms with E-state index in [1.165, 1.54) is 0 Å². The molecule has 0 atom stereocenters. The van der Waals surface area contributed by atoms with Crippen LogP contribution < -0.4 is 14.4 Å². The Morgan fingerprint density at radius 2 is 1.65 bits per heavy atom. The van der Waals surface area contributed by atoms with Crippen molar-refractivity contribution in [1.29, 1.82) is 0 Å². The molecule has 194 valence electrons. The largest absolute Gasteiger partial charge is 0.497 e. The number of methoxy groups -OCH3 is 2. The second kappa shape index (κ2) is 12.2. The standard InChI is InChI=1S/C28H33N5O4/c1-4-31(28(35)22-9-6-11-24(19-22)37-3)20-27(34)33-15-7-14-32(16-17-33)26-13-12-25(29-30-26)21-8-5-10-23(18-21)36-2/h5-6,8-13,18-19H,4,7,14-17,20H2,1-3H3. The molecule has 4 rings (SSSR count). The summed E-state index contributed by atoms with van der Waals surface area (Å²) in [6.45, 7) is 4.98. The van der Waals surface area contributed by atoms with E-state index in [0.717, 1.165) is 35.8 Å². The summed E-state index contributed by atoms with van der Waals surface area (Å²) in [6, 6.07) is 18.6. The fourth-order valence-corrected chi connectivity index (χ4v) is 4.36. The van der Waals surface area contributed by atoms with E-state index < -0.39 is 0 Å². The Hall–Kier alpha value is -4.14.